The zero-order valence-electron chi connectivity index (χ0n) is 13.0. The molecule has 5 nitrogen and oxygen atoms in total. The zero-order chi connectivity index (χ0) is 16.1. The van der Waals surface area contributed by atoms with E-state index in [-0.39, 0.29) is 5.91 Å². The largest absolute Gasteiger partial charge is 0.383 e. The molecule has 1 amide bonds. The van der Waals surface area contributed by atoms with Crippen molar-refractivity contribution in [3.63, 3.8) is 0 Å². The lowest BCUT2D eigenvalue weighted by Crippen LogP contribution is -2.34. The van der Waals surface area contributed by atoms with Crippen LogP contribution >= 0.6 is 11.3 Å². The maximum Gasteiger partial charge on any atom is 0.251 e. The maximum absolute atomic E-state index is 14.0. The standard InChI is InChI=1S/C15H20FN3O2S/c1-10-18-14-12(16)8-11(9-13(14)22-10)15(20)17-4-5-19(2)6-7-21-3/h8-9H,4-7H2,1-3H3,(H,17,20). The minimum atomic E-state index is -0.454. The fraction of sp³-hybridized carbons (Fsp3) is 0.467. The topological polar surface area (TPSA) is 54.5 Å². The number of aromatic nitrogens is 1. The molecule has 7 heteroatoms. The first-order valence-corrected chi connectivity index (χ1v) is 7.85. The maximum atomic E-state index is 14.0. The summed E-state index contributed by atoms with van der Waals surface area (Å²) >= 11 is 1.38. The van der Waals surface area contributed by atoms with E-state index in [4.69, 9.17) is 4.74 Å². The van der Waals surface area contributed by atoms with Gasteiger partial charge in [-0.3, -0.25) is 4.79 Å². The highest BCUT2D eigenvalue weighted by molar-refractivity contribution is 7.18. The number of carbonyl (C=O) groups excluding carboxylic acids is 1. The minimum absolute atomic E-state index is 0.271. The number of likely N-dealkylation sites (N-methyl/N-ethyl adjacent to an activating group) is 1. The van der Waals surface area contributed by atoms with Gasteiger partial charge in [0.25, 0.3) is 5.91 Å². The fourth-order valence-corrected chi connectivity index (χ4v) is 2.93. The summed E-state index contributed by atoms with van der Waals surface area (Å²) in [6, 6.07) is 2.93. The van der Waals surface area contributed by atoms with Gasteiger partial charge in [0.1, 0.15) is 5.52 Å². The first kappa shape index (κ1) is 16.8. The van der Waals surface area contributed by atoms with E-state index in [9.17, 15) is 9.18 Å². The number of methoxy groups -OCH3 is 1. The number of rotatable bonds is 7. The summed E-state index contributed by atoms with van der Waals surface area (Å²) in [5.41, 5.74) is 0.659. The van der Waals surface area contributed by atoms with Gasteiger partial charge in [0, 0.05) is 32.3 Å². The van der Waals surface area contributed by atoms with Crippen molar-refractivity contribution in [2.24, 2.45) is 0 Å². The summed E-state index contributed by atoms with van der Waals surface area (Å²) in [7, 11) is 3.61. The SMILES string of the molecule is COCCN(C)CCNC(=O)c1cc(F)c2nc(C)sc2c1. The van der Waals surface area contributed by atoms with Crippen molar-refractivity contribution in [3.05, 3.63) is 28.5 Å². The van der Waals surface area contributed by atoms with Gasteiger partial charge in [-0.25, -0.2) is 9.37 Å². The van der Waals surface area contributed by atoms with E-state index in [0.717, 1.165) is 11.6 Å². The Labute approximate surface area is 133 Å². The number of hydrogen-bond donors (Lipinski definition) is 1. The van der Waals surface area contributed by atoms with Gasteiger partial charge in [-0.2, -0.15) is 0 Å². The van der Waals surface area contributed by atoms with Crippen molar-refractivity contribution in [1.82, 2.24) is 15.2 Å². The molecule has 120 valence electrons. The molecule has 0 aliphatic rings. The highest BCUT2D eigenvalue weighted by Gasteiger charge is 2.13. The van der Waals surface area contributed by atoms with Gasteiger partial charge in [-0.15, -0.1) is 11.3 Å². The number of nitrogens with one attached hydrogen (secondary N) is 1. The van der Waals surface area contributed by atoms with Gasteiger partial charge in [0.15, 0.2) is 5.82 Å². The van der Waals surface area contributed by atoms with Gasteiger partial charge in [0.2, 0.25) is 0 Å². The second kappa shape index (κ2) is 7.62. The molecule has 0 saturated carbocycles. The minimum Gasteiger partial charge on any atom is -0.383 e. The number of amides is 1. The number of fused-ring (bicyclic) bond motifs is 1. The van der Waals surface area contributed by atoms with Crippen molar-refractivity contribution in [1.29, 1.82) is 0 Å². The third-order valence-electron chi connectivity index (χ3n) is 3.27. The van der Waals surface area contributed by atoms with E-state index in [0.29, 0.717) is 35.5 Å². The Morgan fingerprint density at radius 3 is 2.95 bits per heavy atom. The van der Waals surface area contributed by atoms with E-state index in [2.05, 4.69) is 15.2 Å². The molecule has 0 spiro atoms. The summed E-state index contributed by atoms with van der Waals surface area (Å²) in [4.78, 5) is 18.3. The number of aryl methyl sites for hydroxylation is 1. The lowest BCUT2D eigenvalue weighted by atomic mass is 10.2. The summed E-state index contributed by atoms with van der Waals surface area (Å²) in [6.07, 6.45) is 0. The van der Waals surface area contributed by atoms with Crippen LogP contribution in [0.15, 0.2) is 12.1 Å². The average Bonchev–Trinajstić information content (AvgIpc) is 2.86. The van der Waals surface area contributed by atoms with Crippen molar-refractivity contribution >= 4 is 27.5 Å². The monoisotopic (exact) mass is 325 g/mol. The van der Waals surface area contributed by atoms with Gasteiger partial charge >= 0.3 is 0 Å². The van der Waals surface area contributed by atoms with Gasteiger partial charge in [0.05, 0.1) is 16.3 Å². The second-order valence-corrected chi connectivity index (χ2v) is 6.32. The number of hydrogen-bond acceptors (Lipinski definition) is 5. The molecule has 0 fully saturated rings. The molecule has 0 aliphatic carbocycles. The fourth-order valence-electron chi connectivity index (χ4n) is 2.05. The number of nitrogens with zero attached hydrogens (tertiary/aromatic N) is 2. The van der Waals surface area contributed by atoms with Crippen molar-refractivity contribution in [3.8, 4) is 0 Å². The van der Waals surface area contributed by atoms with E-state index in [1.807, 2.05) is 14.0 Å². The van der Waals surface area contributed by atoms with Crippen LogP contribution in [-0.2, 0) is 4.74 Å². The molecule has 1 N–H and O–H groups in total. The molecule has 1 aromatic carbocycles. The Morgan fingerprint density at radius 1 is 1.45 bits per heavy atom. The van der Waals surface area contributed by atoms with E-state index in [1.165, 1.54) is 17.4 Å². The first-order chi connectivity index (χ1) is 10.5. The normalized spacial score (nSPS) is 11.3. The van der Waals surface area contributed by atoms with Crippen LogP contribution in [0.3, 0.4) is 0 Å². The molecular weight excluding hydrogens is 305 g/mol. The van der Waals surface area contributed by atoms with Crippen LogP contribution in [-0.4, -0.2) is 56.2 Å². The summed E-state index contributed by atoms with van der Waals surface area (Å²) in [5.74, 6) is -0.726. The molecule has 2 rings (SSSR count). The molecule has 1 heterocycles. The van der Waals surface area contributed by atoms with Crippen LogP contribution < -0.4 is 5.32 Å². The van der Waals surface area contributed by atoms with Crippen LogP contribution in [0.5, 0.6) is 0 Å². The number of thiazole rings is 1. The molecule has 0 unspecified atom stereocenters. The Morgan fingerprint density at radius 2 is 2.23 bits per heavy atom. The van der Waals surface area contributed by atoms with Gasteiger partial charge in [-0.05, 0) is 26.1 Å². The first-order valence-electron chi connectivity index (χ1n) is 7.03. The van der Waals surface area contributed by atoms with Crippen LogP contribution in [0.1, 0.15) is 15.4 Å². The summed E-state index contributed by atoms with van der Waals surface area (Å²) in [6.45, 7) is 4.48. The number of ether oxygens (including phenoxy) is 1. The quantitative estimate of drug-likeness (QED) is 0.846. The Balaban J connectivity index is 1.95. The van der Waals surface area contributed by atoms with Crippen LogP contribution in [0.2, 0.25) is 0 Å². The molecular formula is C15H20FN3O2S. The third kappa shape index (κ3) is 4.22. The average molecular weight is 325 g/mol. The van der Waals surface area contributed by atoms with Crippen molar-refractivity contribution in [2.75, 3.05) is 40.4 Å². The van der Waals surface area contributed by atoms with Gasteiger partial charge < -0.3 is 15.0 Å². The molecule has 0 aliphatic heterocycles. The predicted molar refractivity (Wildman–Crippen MR) is 86.0 cm³/mol. The Kier molecular flexibility index (Phi) is 5.82. The highest BCUT2D eigenvalue weighted by atomic mass is 32.1. The van der Waals surface area contributed by atoms with Crippen molar-refractivity contribution in [2.45, 2.75) is 6.92 Å². The van der Waals surface area contributed by atoms with E-state index >= 15 is 0 Å². The Hall–Kier alpha value is -1.57. The predicted octanol–water partition coefficient (Wildman–Crippen LogP) is 2.05. The number of carbonyl (C=O) groups is 1. The molecule has 1 aromatic heterocycles. The number of halogens is 1. The van der Waals surface area contributed by atoms with E-state index < -0.39 is 5.82 Å². The lowest BCUT2D eigenvalue weighted by molar-refractivity contribution is 0.0947. The molecule has 22 heavy (non-hydrogen) atoms. The lowest BCUT2D eigenvalue weighted by Gasteiger charge is -2.16. The molecule has 0 saturated heterocycles. The van der Waals surface area contributed by atoms with E-state index in [1.54, 1.807) is 13.2 Å². The molecule has 0 atom stereocenters. The van der Waals surface area contributed by atoms with Crippen molar-refractivity contribution < 1.29 is 13.9 Å². The van der Waals surface area contributed by atoms with Crippen LogP contribution in [0, 0.1) is 12.7 Å². The van der Waals surface area contributed by atoms with Gasteiger partial charge in [-0.1, -0.05) is 0 Å². The van der Waals surface area contributed by atoms with Crippen LogP contribution in [0.4, 0.5) is 4.39 Å². The smallest absolute Gasteiger partial charge is 0.251 e. The zero-order valence-corrected chi connectivity index (χ0v) is 13.8. The summed E-state index contributed by atoms with van der Waals surface area (Å²) in [5, 5.41) is 3.58. The third-order valence-corrected chi connectivity index (χ3v) is 4.19. The second-order valence-electron chi connectivity index (χ2n) is 5.09. The number of benzene rings is 1. The molecule has 2 aromatic rings. The van der Waals surface area contributed by atoms with Crippen LogP contribution in [0.25, 0.3) is 10.2 Å². The summed E-state index contributed by atoms with van der Waals surface area (Å²) < 4.78 is 19.6. The highest BCUT2D eigenvalue weighted by Crippen LogP contribution is 2.25. The molecule has 0 bridgehead atoms. The Bertz CT molecular complexity index is 660. The molecule has 0 radical (unpaired) electrons.